The number of anilines is 1. The molecule has 2 N–H and O–H groups in total. The molecule has 10 heteroatoms. The lowest BCUT2D eigenvalue weighted by Crippen LogP contribution is -2.59. The predicted molar refractivity (Wildman–Crippen MR) is 137 cm³/mol. The van der Waals surface area contributed by atoms with E-state index in [0.717, 1.165) is 18.4 Å². The van der Waals surface area contributed by atoms with Crippen molar-refractivity contribution in [2.75, 3.05) is 5.32 Å². The molecular weight excluding hydrogens is 506 g/mol. The first kappa shape index (κ1) is 26.8. The molecule has 2 aromatic rings. The highest BCUT2D eigenvalue weighted by Gasteiger charge is 2.50. The van der Waals surface area contributed by atoms with Gasteiger partial charge in [0.1, 0.15) is 16.8 Å². The van der Waals surface area contributed by atoms with Gasteiger partial charge in [0.15, 0.2) is 11.0 Å². The van der Waals surface area contributed by atoms with Gasteiger partial charge in [-0.15, -0.1) is 0 Å². The molecule has 194 valence electrons. The third-order valence-corrected chi connectivity index (χ3v) is 7.49. The molecular formula is C26H31Cl2FN4O3. The van der Waals surface area contributed by atoms with Gasteiger partial charge in [0.05, 0.1) is 11.6 Å². The largest absolute Gasteiger partial charge is 0.459 e. The Kier molecular flexibility index (Phi) is 7.09. The van der Waals surface area contributed by atoms with Gasteiger partial charge in [0.2, 0.25) is 5.91 Å². The smallest absolute Gasteiger partial charge is 0.324 e. The standard InChI is InChI=1S/C26H31Cl2FN4O3/c1-24(2,3)36-23(35)20-18(14-6-11-30-21(28)19(14)29)22(34)32-16-12-17(27)31-13-15(16)26(33-20)9-7-25(4,5)8-10-26/h6,11-13,18,20,33H,7-10H2,1-5H3,(H,32,34). The zero-order valence-corrected chi connectivity index (χ0v) is 22.6. The van der Waals surface area contributed by atoms with Crippen molar-refractivity contribution in [3.63, 3.8) is 0 Å². The summed E-state index contributed by atoms with van der Waals surface area (Å²) in [5.74, 6) is -3.41. The number of nitrogens with zero attached hydrogens (tertiary/aromatic N) is 2. The summed E-state index contributed by atoms with van der Waals surface area (Å²) in [5, 5.41) is 6.21. The second-order valence-corrected chi connectivity index (χ2v) is 12.2. The molecule has 0 radical (unpaired) electrons. The number of carbonyl (C=O) groups excluding carboxylic acids is 2. The van der Waals surface area contributed by atoms with E-state index in [1.807, 2.05) is 0 Å². The summed E-state index contributed by atoms with van der Waals surface area (Å²) in [7, 11) is 0. The van der Waals surface area contributed by atoms with Crippen LogP contribution in [-0.4, -0.2) is 33.5 Å². The van der Waals surface area contributed by atoms with Crippen molar-refractivity contribution in [3.05, 3.63) is 51.8 Å². The molecule has 2 unspecified atom stereocenters. The number of ether oxygens (including phenoxy) is 1. The topological polar surface area (TPSA) is 93.2 Å². The van der Waals surface area contributed by atoms with Gasteiger partial charge in [0, 0.05) is 29.1 Å². The lowest BCUT2D eigenvalue weighted by Gasteiger charge is -2.48. The summed E-state index contributed by atoms with van der Waals surface area (Å²) in [6.07, 6.45) is 6.00. The number of fused-ring (bicyclic) bond motifs is 2. The van der Waals surface area contributed by atoms with Crippen LogP contribution in [-0.2, 0) is 19.9 Å². The van der Waals surface area contributed by atoms with Gasteiger partial charge in [-0.25, -0.2) is 14.4 Å². The summed E-state index contributed by atoms with van der Waals surface area (Å²) in [4.78, 5) is 35.4. The SMILES string of the molecule is CC1(C)CCC2(CC1)NC(C(=O)OC(C)(C)C)C(c1ccnc(Cl)c1F)C(=O)Nc1cc(Cl)ncc12. The van der Waals surface area contributed by atoms with Crippen LogP contribution in [0, 0.1) is 11.2 Å². The van der Waals surface area contributed by atoms with Crippen molar-refractivity contribution >= 4 is 40.8 Å². The molecule has 1 fully saturated rings. The van der Waals surface area contributed by atoms with Gasteiger partial charge < -0.3 is 10.1 Å². The summed E-state index contributed by atoms with van der Waals surface area (Å²) >= 11 is 12.2. The van der Waals surface area contributed by atoms with E-state index in [9.17, 15) is 9.59 Å². The van der Waals surface area contributed by atoms with Crippen LogP contribution in [0.1, 0.15) is 77.3 Å². The van der Waals surface area contributed by atoms with E-state index in [4.69, 9.17) is 27.9 Å². The Morgan fingerprint density at radius 2 is 1.83 bits per heavy atom. The fourth-order valence-electron chi connectivity index (χ4n) is 5.06. The van der Waals surface area contributed by atoms with Crippen molar-refractivity contribution in [3.8, 4) is 0 Å². The number of carbonyl (C=O) groups is 2. The number of aromatic nitrogens is 2. The number of hydrogen-bond acceptors (Lipinski definition) is 6. The number of nitrogens with one attached hydrogen (secondary N) is 2. The average molecular weight is 537 g/mol. The molecule has 2 aromatic heterocycles. The Morgan fingerprint density at radius 3 is 2.47 bits per heavy atom. The quantitative estimate of drug-likeness (QED) is 0.374. The Bertz CT molecular complexity index is 1190. The van der Waals surface area contributed by atoms with E-state index in [1.165, 1.54) is 12.3 Å². The van der Waals surface area contributed by atoms with E-state index in [0.29, 0.717) is 18.5 Å². The first-order chi connectivity index (χ1) is 16.7. The molecule has 0 saturated heterocycles. The molecule has 2 aliphatic rings. The monoisotopic (exact) mass is 536 g/mol. The molecule has 2 atom stereocenters. The van der Waals surface area contributed by atoms with Gasteiger partial charge in [-0.05, 0) is 64.0 Å². The molecule has 3 heterocycles. The molecule has 1 saturated carbocycles. The molecule has 1 aliphatic heterocycles. The highest BCUT2D eigenvalue weighted by molar-refractivity contribution is 6.30. The number of halogens is 3. The Morgan fingerprint density at radius 1 is 1.17 bits per heavy atom. The van der Waals surface area contributed by atoms with Gasteiger partial charge >= 0.3 is 5.97 Å². The minimum Gasteiger partial charge on any atom is -0.459 e. The van der Waals surface area contributed by atoms with Crippen LogP contribution in [0.25, 0.3) is 0 Å². The highest BCUT2D eigenvalue weighted by Crippen LogP contribution is 2.49. The normalized spacial score (nSPS) is 23.3. The van der Waals surface area contributed by atoms with Crippen LogP contribution in [0.5, 0.6) is 0 Å². The maximum absolute atomic E-state index is 15.3. The van der Waals surface area contributed by atoms with Crippen LogP contribution in [0.3, 0.4) is 0 Å². The zero-order valence-electron chi connectivity index (χ0n) is 21.0. The van der Waals surface area contributed by atoms with Gasteiger partial charge in [-0.3, -0.25) is 14.9 Å². The number of amides is 1. The highest BCUT2D eigenvalue weighted by atomic mass is 35.5. The fraction of sp³-hybridized carbons (Fsp3) is 0.538. The second-order valence-electron chi connectivity index (χ2n) is 11.4. The Hall–Kier alpha value is -2.29. The van der Waals surface area contributed by atoms with Gasteiger partial charge in [-0.1, -0.05) is 37.0 Å². The first-order valence-corrected chi connectivity index (χ1v) is 12.7. The van der Waals surface area contributed by atoms with Crippen molar-refractivity contribution in [1.82, 2.24) is 15.3 Å². The third kappa shape index (κ3) is 5.36. The van der Waals surface area contributed by atoms with Crippen LogP contribution in [0.4, 0.5) is 10.1 Å². The van der Waals surface area contributed by atoms with Crippen molar-refractivity contribution in [2.45, 2.75) is 83.4 Å². The van der Waals surface area contributed by atoms with Gasteiger partial charge in [0.25, 0.3) is 0 Å². The second kappa shape index (κ2) is 9.54. The average Bonchev–Trinajstić information content (AvgIpc) is 2.76. The minimum atomic E-state index is -1.28. The van der Waals surface area contributed by atoms with E-state index in [1.54, 1.807) is 33.0 Å². The van der Waals surface area contributed by atoms with E-state index in [-0.39, 0.29) is 21.3 Å². The van der Waals surface area contributed by atoms with Crippen molar-refractivity contribution in [1.29, 1.82) is 0 Å². The Balaban J connectivity index is 1.92. The van der Waals surface area contributed by atoms with Gasteiger partial charge in [-0.2, -0.15) is 0 Å². The number of pyridine rings is 2. The van der Waals surface area contributed by atoms with E-state index in [2.05, 4.69) is 34.4 Å². The predicted octanol–water partition coefficient (Wildman–Crippen LogP) is 5.75. The molecule has 36 heavy (non-hydrogen) atoms. The maximum Gasteiger partial charge on any atom is 0.324 e. The molecule has 0 bridgehead atoms. The third-order valence-electron chi connectivity index (χ3n) is 7.02. The fourth-order valence-corrected chi connectivity index (χ4v) is 5.38. The lowest BCUT2D eigenvalue weighted by molar-refractivity contribution is -0.160. The summed E-state index contributed by atoms with van der Waals surface area (Å²) in [6, 6.07) is 1.74. The molecule has 4 rings (SSSR count). The summed E-state index contributed by atoms with van der Waals surface area (Å²) < 4.78 is 21.0. The lowest BCUT2D eigenvalue weighted by atomic mass is 9.66. The van der Waals surface area contributed by atoms with E-state index >= 15 is 4.39 Å². The number of rotatable bonds is 2. The summed E-state index contributed by atoms with van der Waals surface area (Å²) in [6.45, 7) is 9.63. The van der Waals surface area contributed by atoms with Crippen LogP contribution >= 0.6 is 23.2 Å². The van der Waals surface area contributed by atoms with Crippen LogP contribution < -0.4 is 10.6 Å². The molecule has 7 nitrogen and oxygen atoms in total. The maximum atomic E-state index is 15.3. The molecule has 1 spiro atoms. The molecule has 1 amide bonds. The first-order valence-electron chi connectivity index (χ1n) is 12.0. The molecule has 0 aromatic carbocycles. The van der Waals surface area contributed by atoms with Crippen molar-refractivity contribution in [2.24, 2.45) is 5.41 Å². The van der Waals surface area contributed by atoms with Crippen LogP contribution in [0.15, 0.2) is 24.5 Å². The molecule has 1 aliphatic carbocycles. The van der Waals surface area contributed by atoms with E-state index < -0.39 is 40.8 Å². The van der Waals surface area contributed by atoms with Crippen molar-refractivity contribution < 1.29 is 18.7 Å². The Labute approximate surface area is 220 Å². The number of hydrogen-bond donors (Lipinski definition) is 2. The zero-order chi connectivity index (χ0) is 26.5. The summed E-state index contributed by atoms with van der Waals surface area (Å²) in [5.41, 5.74) is -0.305. The van der Waals surface area contributed by atoms with Crippen LogP contribution in [0.2, 0.25) is 10.3 Å². The minimum absolute atomic E-state index is 0.0502. The number of esters is 1.